The quantitative estimate of drug-likeness (QED) is 0.814. The van der Waals surface area contributed by atoms with Gasteiger partial charge < -0.3 is 10.5 Å². The molecule has 0 bridgehead atoms. The maximum absolute atomic E-state index is 12.3. The van der Waals surface area contributed by atoms with E-state index in [0.29, 0.717) is 17.6 Å². The van der Waals surface area contributed by atoms with Gasteiger partial charge in [-0.25, -0.2) is 13.1 Å². The molecule has 1 unspecified atom stereocenters. The van der Waals surface area contributed by atoms with Crippen LogP contribution < -0.4 is 10.5 Å². The molecule has 0 aliphatic carbocycles. The fourth-order valence-electron chi connectivity index (χ4n) is 1.73. The number of nitrogens with two attached hydrogens (primary N) is 1. The maximum atomic E-state index is 12.3. The largest absolute Gasteiger partial charge is 0.383 e. The molecule has 1 aromatic carbocycles. The lowest BCUT2D eigenvalue weighted by molar-refractivity contribution is 0.180. The lowest BCUT2D eigenvalue weighted by Gasteiger charge is -2.16. The first-order valence-corrected chi connectivity index (χ1v) is 8.09. The summed E-state index contributed by atoms with van der Waals surface area (Å²) >= 11 is 3.32. The van der Waals surface area contributed by atoms with Crippen molar-refractivity contribution in [1.29, 1.82) is 0 Å². The average molecular weight is 351 g/mol. The van der Waals surface area contributed by atoms with Crippen molar-refractivity contribution in [2.75, 3.05) is 13.7 Å². The van der Waals surface area contributed by atoms with Crippen molar-refractivity contribution in [3.63, 3.8) is 0 Å². The zero-order chi connectivity index (χ0) is 14.6. The first-order valence-electron chi connectivity index (χ1n) is 5.82. The van der Waals surface area contributed by atoms with E-state index in [9.17, 15) is 8.42 Å². The highest BCUT2D eigenvalue weighted by Gasteiger charge is 2.21. The van der Waals surface area contributed by atoms with Gasteiger partial charge in [0.2, 0.25) is 10.0 Å². The number of aryl methyl sites for hydroxylation is 1. The number of ether oxygens (including phenoxy) is 1. The molecule has 0 amide bonds. The summed E-state index contributed by atoms with van der Waals surface area (Å²) in [4.78, 5) is 0.205. The number of halogens is 1. The molecule has 5 nitrogen and oxygen atoms in total. The molecule has 7 heteroatoms. The van der Waals surface area contributed by atoms with Gasteiger partial charge in [0.25, 0.3) is 0 Å². The minimum atomic E-state index is -3.60. The molecule has 3 N–H and O–H groups in total. The molecule has 1 atom stereocenters. The first-order chi connectivity index (χ1) is 8.81. The topological polar surface area (TPSA) is 81.4 Å². The average Bonchev–Trinajstić information content (AvgIpc) is 2.31. The second kappa shape index (κ2) is 6.81. The number of rotatable bonds is 6. The Morgan fingerprint density at radius 3 is 2.63 bits per heavy atom. The van der Waals surface area contributed by atoms with Crippen LogP contribution in [0.4, 0.5) is 0 Å². The van der Waals surface area contributed by atoms with Crippen molar-refractivity contribution in [2.24, 2.45) is 5.73 Å². The molecule has 0 saturated heterocycles. The highest BCUT2D eigenvalue weighted by atomic mass is 79.9. The van der Waals surface area contributed by atoms with Gasteiger partial charge in [0.1, 0.15) is 0 Å². The molecule has 1 rings (SSSR count). The highest BCUT2D eigenvalue weighted by Crippen LogP contribution is 2.27. The monoisotopic (exact) mass is 350 g/mol. The minimum Gasteiger partial charge on any atom is -0.383 e. The van der Waals surface area contributed by atoms with Crippen molar-refractivity contribution in [3.8, 4) is 0 Å². The van der Waals surface area contributed by atoms with Gasteiger partial charge in [-0.3, -0.25) is 0 Å². The van der Waals surface area contributed by atoms with Crippen LogP contribution in [0.25, 0.3) is 0 Å². The van der Waals surface area contributed by atoms with Gasteiger partial charge in [0.15, 0.2) is 0 Å². The smallest absolute Gasteiger partial charge is 0.242 e. The Balaban J connectivity index is 3.17. The van der Waals surface area contributed by atoms with E-state index in [4.69, 9.17) is 10.5 Å². The van der Waals surface area contributed by atoms with E-state index in [0.717, 1.165) is 11.1 Å². The third kappa shape index (κ3) is 4.25. The molecule has 0 heterocycles. The van der Waals surface area contributed by atoms with Gasteiger partial charge in [-0.2, -0.15) is 0 Å². The van der Waals surface area contributed by atoms with Crippen molar-refractivity contribution >= 4 is 26.0 Å². The molecule has 0 spiro atoms. The van der Waals surface area contributed by atoms with Crippen LogP contribution >= 0.6 is 15.9 Å². The van der Waals surface area contributed by atoms with Gasteiger partial charge >= 0.3 is 0 Å². The van der Waals surface area contributed by atoms with Crippen molar-refractivity contribution < 1.29 is 13.2 Å². The molecule has 0 saturated carbocycles. The number of methoxy groups -OCH3 is 1. The predicted octanol–water partition coefficient (Wildman–Crippen LogP) is 1.53. The fraction of sp³-hybridized carbons (Fsp3) is 0.500. The SMILES string of the molecule is COCC(C)NS(=O)(=O)c1cc(CN)cc(C)c1Br. The Bertz CT molecular complexity index is 546. The second-order valence-electron chi connectivity index (χ2n) is 4.41. The molecular formula is C12H19BrN2O3S. The third-order valence-electron chi connectivity index (χ3n) is 2.58. The summed E-state index contributed by atoms with van der Waals surface area (Å²) in [6, 6.07) is 3.14. The van der Waals surface area contributed by atoms with Gasteiger partial charge in [-0.1, -0.05) is 6.07 Å². The van der Waals surface area contributed by atoms with Crippen molar-refractivity contribution in [3.05, 3.63) is 27.7 Å². The summed E-state index contributed by atoms with van der Waals surface area (Å²) in [5.74, 6) is 0. The molecule has 0 aliphatic rings. The van der Waals surface area contributed by atoms with Gasteiger partial charge in [0, 0.05) is 24.2 Å². The summed E-state index contributed by atoms with van der Waals surface area (Å²) in [6.45, 7) is 4.19. The minimum absolute atomic E-state index is 0.205. The van der Waals surface area contributed by atoms with Crippen LogP contribution in [0.1, 0.15) is 18.1 Å². The highest BCUT2D eigenvalue weighted by molar-refractivity contribution is 9.10. The zero-order valence-electron chi connectivity index (χ0n) is 11.2. The Morgan fingerprint density at radius 2 is 2.11 bits per heavy atom. The van der Waals surface area contributed by atoms with E-state index in [1.165, 1.54) is 7.11 Å². The lowest BCUT2D eigenvalue weighted by atomic mass is 10.1. The van der Waals surface area contributed by atoms with Crippen LogP contribution in [0.15, 0.2) is 21.5 Å². The van der Waals surface area contributed by atoms with E-state index in [1.807, 2.05) is 13.0 Å². The third-order valence-corrected chi connectivity index (χ3v) is 5.51. The number of hydrogen-bond acceptors (Lipinski definition) is 4. The molecular weight excluding hydrogens is 332 g/mol. The number of sulfonamides is 1. The summed E-state index contributed by atoms with van der Waals surface area (Å²) < 4.78 is 32.7. The molecule has 0 aliphatic heterocycles. The Morgan fingerprint density at radius 1 is 1.47 bits per heavy atom. The Kier molecular flexibility index (Phi) is 5.94. The van der Waals surface area contributed by atoms with Crippen LogP contribution in [-0.2, 0) is 21.3 Å². The molecule has 0 aromatic heterocycles. The number of nitrogens with one attached hydrogen (secondary N) is 1. The standard InChI is InChI=1S/C12H19BrN2O3S/c1-8-4-10(6-14)5-11(12(8)13)19(16,17)15-9(2)7-18-3/h4-5,9,15H,6-7,14H2,1-3H3. The fourth-order valence-corrected chi connectivity index (χ4v) is 4.03. The predicted molar refractivity (Wildman–Crippen MR) is 78.4 cm³/mol. The molecule has 19 heavy (non-hydrogen) atoms. The Hall–Kier alpha value is -0.470. The van der Waals surface area contributed by atoms with E-state index < -0.39 is 10.0 Å². The van der Waals surface area contributed by atoms with E-state index in [-0.39, 0.29) is 10.9 Å². The maximum Gasteiger partial charge on any atom is 0.242 e. The van der Waals surface area contributed by atoms with Crippen LogP contribution in [0.2, 0.25) is 0 Å². The molecule has 0 radical (unpaired) electrons. The lowest BCUT2D eigenvalue weighted by Crippen LogP contribution is -2.35. The number of hydrogen-bond donors (Lipinski definition) is 2. The summed E-state index contributed by atoms with van der Waals surface area (Å²) in [5.41, 5.74) is 7.19. The van der Waals surface area contributed by atoms with Gasteiger partial charge in [0.05, 0.1) is 11.5 Å². The second-order valence-corrected chi connectivity index (χ2v) is 6.88. The van der Waals surface area contributed by atoms with Crippen molar-refractivity contribution in [1.82, 2.24) is 4.72 Å². The van der Waals surface area contributed by atoms with Crippen molar-refractivity contribution in [2.45, 2.75) is 31.3 Å². The van der Waals surface area contributed by atoms with Gasteiger partial charge in [-0.15, -0.1) is 0 Å². The van der Waals surface area contributed by atoms with Crippen LogP contribution in [-0.4, -0.2) is 28.2 Å². The normalized spacial score (nSPS) is 13.5. The van der Waals surface area contributed by atoms with Crippen LogP contribution in [0, 0.1) is 6.92 Å². The molecule has 1 aromatic rings. The van der Waals surface area contributed by atoms with Gasteiger partial charge in [-0.05, 0) is 47.0 Å². The van der Waals surface area contributed by atoms with E-state index >= 15 is 0 Å². The number of benzene rings is 1. The first kappa shape index (κ1) is 16.6. The van der Waals surface area contributed by atoms with Crippen LogP contribution in [0.3, 0.4) is 0 Å². The van der Waals surface area contributed by atoms with E-state index in [2.05, 4.69) is 20.7 Å². The Labute approximate surface area is 122 Å². The zero-order valence-corrected chi connectivity index (χ0v) is 13.6. The summed E-state index contributed by atoms with van der Waals surface area (Å²) in [6.07, 6.45) is 0. The molecule has 0 fully saturated rings. The molecule has 108 valence electrons. The van der Waals surface area contributed by atoms with Crippen LogP contribution in [0.5, 0.6) is 0 Å². The van der Waals surface area contributed by atoms with E-state index in [1.54, 1.807) is 13.0 Å². The summed E-state index contributed by atoms with van der Waals surface area (Å²) in [5, 5.41) is 0. The summed E-state index contributed by atoms with van der Waals surface area (Å²) in [7, 11) is -2.07.